The van der Waals surface area contributed by atoms with Gasteiger partial charge in [-0.15, -0.1) is 0 Å². The highest BCUT2D eigenvalue weighted by atomic mass is 32.2. The van der Waals surface area contributed by atoms with Crippen molar-refractivity contribution >= 4 is 17.5 Å². The Morgan fingerprint density at radius 3 is 3.20 bits per heavy atom. The molecule has 0 N–H and O–H groups in total. The van der Waals surface area contributed by atoms with E-state index in [1.807, 2.05) is 13.0 Å². The Bertz CT molecular complexity index is 290. The van der Waals surface area contributed by atoms with Crippen LogP contribution in [0.5, 0.6) is 0 Å². The monoisotopic (exact) mass is 228 g/mol. The van der Waals surface area contributed by atoms with Crippen LogP contribution in [-0.2, 0) is 14.3 Å². The van der Waals surface area contributed by atoms with E-state index in [4.69, 9.17) is 9.47 Å². The van der Waals surface area contributed by atoms with Crippen LogP contribution in [0.3, 0.4) is 0 Å². The average Bonchev–Trinajstić information content (AvgIpc) is 2.52. The van der Waals surface area contributed by atoms with Crippen LogP contribution in [-0.4, -0.2) is 35.8 Å². The summed E-state index contributed by atoms with van der Waals surface area (Å²) >= 11 is 1.78. The standard InChI is InChI=1S/C11H16O3S/c1-11-5-3-8(12)7-9(11)13-10(14-11)4-6-15-2/h3,5,9-10H,4,6-7H2,1-2H3/t9-,10+,11+/m0/s1. The fourth-order valence-electron chi connectivity index (χ4n) is 1.95. The normalized spacial score (nSPS) is 39.5. The van der Waals surface area contributed by atoms with Crippen molar-refractivity contribution in [1.29, 1.82) is 0 Å². The Morgan fingerprint density at radius 2 is 2.47 bits per heavy atom. The first kappa shape index (κ1) is 11.2. The zero-order valence-corrected chi connectivity index (χ0v) is 9.88. The van der Waals surface area contributed by atoms with Gasteiger partial charge in [-0.2, -0.15) is 11.8 Å². The number of rotatable bonds is 3. The Hall–Kier alpha value is -0.320. The van der Waals surface area contributed by atoms with Crippen LogP contribution < -0.4 is 0 Å². The minimum absolute atomic E-state index is 0.0955. The third-order valence-electron chi connectivity index (χ3n) is 2.89. The zero-order chi connectivity index (χ0) is 10.9. The minimum Gasteiger partial charge on any atom is -0.346 e. The Morgan fingerprint density at radius 1 is 1.67 bits per heavy atom. The molecule has 0 amide bonds. The molecular formula is C11H16O3S. The number of thioether (sulfide) groups is 1. The quantitative estimate of drug-likeness (QED) is 0.737. The van der Waals surface area contributed by atoms with Crippen LogP contribution in [0.25, 0.3) is 0 Å². The molecule has 0 bridgehead atoms. The number of carbonyl (C=O) groups excluding carboxylic acids is 1. The van der Waals surface area contributed by atoms with Crippen LogP contribution in [0, 0.1) is 0 Å². The van der Waals surface area contributed by atoms with E-state index in [-0.39, 0.29) is 18.2 Å². The molecule has 4 heteroatoms. The Balaban J connectivity index is 2.00. The first-order valence-corrected chi connectivity index (χ1v) is 6.58. The molecule has 1 aliphatic carbocycles. The van der Waals surface area contributed by atoms with E-state index in [1.54, 1.807) is 17.8 Å². The summed E-state index contributed by atoms with van der Waals surface area (Å²) in [7, 11) is 0. The summed E-state index contributed by atoms with van der Waals surface area (Å²) in [6, 6.07) is 0. The topological polar surface area (TPSA) is 35.5 Å². The molecule has 0 unspecified atom stereocenters. The van der Waals surface area contributed by atoms with E-state index in [0.29, 0.717) is 6.42 Å². The van der Waals surface area contributed by atoms with Crippen molar-refractivity contribution in [3.05, 3.63) is 12.2 Å². The molecule has 84 valence electrons. The summed E-state index contributed by atoms with van der Waals surface area (Å²) in [5.74, 6) is 1.15. The van der Waals surface area contributed by atoms with Crippen molar-refractivity contribution < 1.29 is 14.3 Å². The largest absolute Gasteiger partial charge is 0.346 e. The molecule has 1 fully saturated rings. The molecule has 3 nitrogen and oxygen atoms in total. The molecule has 0 aromatic rings. The number of carbonyl (C=O) groups is 1. The van der Waals surface area contributed by atoms with Gasteiger partial charge in [0.2, 0.25) is 0 Å². The van der Waals surface area contributed by atoms with Crippen molar-refractivity contribution in [1.82, 2.24) is 0 Å². The maximum Gasteiger partial charge on any atom is 0.160 e. The van der Waals surface area contributed by atoms with Gasteiger partial charge < -0.3 is 9.47 Å². The number of allylic oxidation sites excluding steroid dienone is 1. The summed E-state index contributed by atoms with van der Waals surface area (Å²) in [5.41, 5.74) is -0.392. The third kappa shape index (κ3) is 2.27. The zero-order valence-electron chi connectivity index (χ0n) is 9.06. The molecule has 15 heavy (non-hydrogen) atoms. The molecule has 0 saturated carbocycles. The molecule has 0 aromatic carbocycles. The van der Waals surface area contributed by atoms with Crippen molar-refractivity contribution in [3.8, 4) is 0 Å². The lowest BCUT2D eigenvalue weighted by Crippen LogP contribution is -2.38. The third-order valence-corrected chi connectivity index (χ3v) is 3.53. The molecular weight excluding hydrogens is 212 g/mol. The fourth-order valence-corrected chi connectivity index (χ4v) is 2.38. The molecule has 1 heterocycles. The van der Waals surface area contributed by atoms with Crippen LogP contribution in [0.15, 0.2) is 12.2 Å². The molecule has 1 saturated heterocycles. The predicted octanol–water partition coefficient (Wildman–Crippen LogP) is 1.77. The van der Waals surface area contributed by atoms with Gasteiger partial charge >= 0.3 is 0 Å². The van der Waals surface area contributed by atoms with E-state index in [0.717, 1.165) is 12.2 Å². The van der Waals surface area contributed by atoms with E-state index in [1.165, 1.54) is 0 Å². The summed E-state index contributed by atoms with van der Waals surface area (Å²) in [6.07, 6.45) is 6.59. The number of ketones is 1. The highest BCUT2D eigenvalue weighted by Crippen LogP contribution is 2.36. The van der Waals surface area contributed by atoms with Crippen molar-refractivity contribution in [2.75, 3.05) is 12.0 Å². The smallest absolute Gasteiger partial charge is 0.160 e. The average molecular weight is 228 g/mol. The molecule has 2 aliphatic rings. The summed E-state index contributed by atoms with van der Waals surface area (Å²) in [4.78, 5) is 11.2. The van der Waals surface area contributed by atoms with Gasteiger partial charge in [-0.1, -0.05) is 0 Å². The lowest BCUT2D eigenvalue weighted by molar-refractivity contribution is -0.118. The Kier molecular flexibility index (Phi) is 3.19. The minimum atomic E-state index is -0.392. The summed E-state index contributed by atoms with van der Waals surface area (Å²) < 4.78 is 11.6. The van der Waals surface area contributed by atoms with Crippen molar-refractivity contribution in [2.45, 2.75) is 37.8 Å². The van der Waals surface area contributed by atoms with Gasteiger partial charge in [0.1, 0.15) is 11.7 Å². The number of hydrogen-bond acceptors (Lipinski definition) is 4. The van der Waals surface area contributed by atoms with Gasteiger partial charge in [0, 0.05) is 12.8 Å². The maximum absolute atomic E-state index is 11.2. The first-order chi connectivity index (χ1) is 7.14. The van der Waals surface area contributed by atoms with Gasteiger partial charge in [-0.25, -0.2) is 0 Å². The van der Waals surface area contributed by atoms with Gasteiger partial charge in [0.15, 0.2) is 12.1 Å². The first-order valence-electron chi connectivity index (χ1n) is 5.18. The van der Waals surface area contributed by atoms with Crippen LogP contribution in [0.1, 0.15) is 19.8 Å². The van der Waals surface area contributed by atoms with E-state index < -0.39 is 5.60 Å². The second-order valence-electron chi connectivity index (χ2n) is 4.14. The molecule has 0 radical (unpaired) electrons. The second-order valence-corrected chi connectivity index (χ2v) is 5.13. The summed E-state index contributed by atoms with van der Waals surface area (Å²) in [5, 5.41) is 0. The molecule has 0 aromatic heterocycles. The summed E-state index contributed by atoms with van der Waals surface area (Å²) in [6.45, 7) is 1.99. The van der Waals surface area contributed by atoms with Gasteiger partial charge in [0.25, 0.3) is 0 Å². The van der Waals surface area contributed by atoms with E-state index >= 15 is 0 Å². The SMILES string of the molecule is CSCC[C@@H]1O[C@H]2CC(=O)C=C[C@@]2(C)O1. The molecule has 2 rings (SSSR count). The Labute approximate surface area is 94.2 Å². The number of ether oxygens (including phenoxy) is 2. The van der Waals surface area contributed by atoms with E-state index in [2.05, 4.69) is 6.26 Å². The number of fused-ring (bicyclic) bond motifs is 1. The van der Waals surface area contributed by atoms with Gasteiger partial charge in [-0.05, 0) is 31.1 Å². The van der Waals surface area contributed by atoms with Crippen molar-refractivity contribution in [3.63, 3.8) is 0 Å². The van der Waals surface area contributed by atoms with Crippen LogP contribution in [0.4, 0.5) is 0 Å². The molecule has 3 atom stereocenters. The van der Waals surface area contributed by atoms with Crippen LogP contribution in [0.2, 0.25) is 0 Å². The fraction of sp³-hybridized carbons (Fsp3) is 0.727. The number of hydrogen-bond donors (Lipinski definition) is 0. The van der Waals surface area contributed by atoms with Gasteiger partial charge in [0.05, 0.1) is 0 Å². The lowest BCUT2D eigenvalue weighted by atomic mass is 9.89. The van der Waals surface area contributed by atoms with Crippen molar-refractivity contribution in [2.24, 2.45) is 0 Å². The molecule has 1 aliphatic heterocycles. The molecule has 0 spiro atoms. The van der Waals surface area contributed by atoms with Crippen LogP contribution >= 0.6 is 11.8 Å². The maximum atomic E-state index is 11.2. The predicted molar refractivity (Wildman–Crippen MR) is 59.9 cm³/mol. The lowest BCUT2D eigenvalue weighted by Gasteiger charge is -2.27. The second kappa shape index (κ2) is 4.28. The van der Waals surface area contributed by atoms with E-state index in [9.17, 15) is 4.79 Å². The highest BCUT2D eigenvalue weighted by Gasteiger charge is 2.46. The highest BCUT2D eigenvalue weighted by molar-refractivity contribution is 7.98. The van der Waals surface area contributed by atoms with Gasteiger partial charge in [-0.3, -0.25) is 4.79 Å².